The van der Waals surface area contributed by atoms with Crippen LogP contribution in [-0.2, 0) is 6.42 Å². The zero-order valence-corrected chi connectivity index (χ0v) is 16.5. The minimum atomic E-state index is 0.0917. The first-order valence-corrected chi connectivity index (χ1v) is 9.89. The van der Waals surface area contributed by atoms with Gasteiger partial charge in [-0.15, -0.1) is 0 Å². The Kier molecular flexibility index (Phi) is 5.79. The number of nitrogens with zero attached hydrogens (tertiary/aromatic N) is 2. The van der Waals surface area contributed by atoms with Gasteiger partial charge in [0.1, 0.15) is 0 Å². The van der Waals surface area contributed by atoms with Gasteiger partial charge >= 0.3 is 0 Å². The second-order valence-corrected chi connectivity index (χ2v) is 7.17. The minimum absolute atomic E-state index is 0.0917. The van der Waals surface area contributed by atoms with E-state index in [1.54, 1.807) is 7.11 Å². The first-order valence-electron chi connectivity index (χ1n) is 9.89. The fraction of sp³-hybridized carbons (Fsp3) is 0.304. The van der Waals surface area contributed by atoms with Crippen LogP contribution in [0.15, 0.2) is 60.7 Å². The third kappa shape index (κ3) is 4.42. The van der Waals surface area contributed by atoms with E-state index in [1.807, 2.05) is 59.5 Å². The van der Waals surface area contributed by atoms with Crippen molar-refractivity contribution in [1.82, 2.24) is 15.1 Å². The second-order valence-electron chi connectivity index (χ2n) is 7.17. The van der Waals surface area contributed by atoms with Gasteiger partial charge in [0.05, 0.1) is 19.4 Å². The fourth-order valence-electron chi connectivity index (χ4n) is 3.68. The van der Waals surface area contributed by atoms with Crippen LogP contribution in [0.4, 0.5) is 0 Å². The molecule has 4 rings (SSSR count). The second kappa shape index (κ2) is 8.82. The van der Waals surface area contributed by atoms with Crippen molar-refractivity contribution in [3.63, 3.8) is 0 Å². The fourth-order valence-corrected chi connectivity index (χ4v) is 3.68. The number of nitrogens with one attached hydrogen (secondary N) is 1. The molecule has 1 saturated heterocycles. The molecule has 0 bridgehead atoms. The summed E-state index contributed by atoms with van der Waals surface area (Å²) in [6, 6.07) is 19.2. The lowest BCUT2D eigenvalue weighted by atomic mass is 10.0. The summed E-state index contributed by atoms with van der Waals surface area (Å²) in [5.41, 5.74) is 2.78. The maximum Gasteiger partial charge on any atom is 0.253 e. The molecule has 1 aliphatic heterocycles. The number of carbonyl (C=O) groups excluding carboxylic acids is 1. The Morgan fingerprint density at radius 2 is 1.90 bits per heavy atom. The number of ether oxygens (including phenoxy) is 2. The molecule has 2 heterocycles. The normalized spacial score (nSPS) is 16.0. The lowest BCUT2D eigenvalue weighted by Crippen LogP contribution is -2.28. The van der Waals surface area contributed by atoms with Gasteiger partial charge in [0.15, 0.2) is 11.5 Å². The number of para-hydroxylation sites is 2. The Morgan fingerprint density at radius 1 is 1.14 bits per heavy atom. The Morgan fingerprint density at radius 3 is 2.69 bits per heavy atom. The number of H-pyrrole nitrogens is 1. The molecule has 1 aliphatic rings. The SMILES string of the molecule is COc1ccccc1OCCc1cc(C2CCN(C(=O)c3ccccc3)C2)n[nH]1. The average molecular weight is 391 g/mol. The highest BCUT2D eigenvalue weighted by molar-refractivity contribution is 5.94. The van der Waals surface area contributed by atoms with E-state index >= 15 is 0 Å². The van der Waals surface area contributed by atoms with Gasteiger partial charge in [0.25, 0.3) is 5.91 Å². The number of aromatic amines is 1. The number of rotatable bonds is 7. The van der Waals surface area contributed by atoms with E-state index in [0.29, 0.717) is 13.2 Å². The summed E-state index contributed by atoms with van der Waals surface area (Å²) in [7, 11) is 1.64. The molecule has 1 fully saturated rings. The summed E-state index contributed by atoms with van der Waals surface area (Å²) >= 11 is 0. The first-order chi connectivity index (χ1) is 14.2. The van der Waals surface area contributed by atoms with Crippen molar-refractivity contribution in [3.05, 3.63) is 77.6 Å². The van der Waals surface area contributed by atoms with Crippen LogP contribution in [0.3, 0.4) is 0 Å². The molecule has 1 amide bonds. The number of likely N-dealkylation sites (tertiary alicyclic amines) is 1. The molecule has 6 nitrogen and oxygen atoms in total. The third-order valence-electron chi connectivity index (χ3n) is 5.26. The van der Waals surface area contributed by atoms with E-state index in [4.69, 9.17) is 9.47 Å². The number of benzene rings is 2. The smallest absolute Gasteiger partial charge is 0.253 e. The van der Waals surface area contributed by atoms with Gasteiger partial charge < -0.3 is 14.4 Å². The minimum Gasteiger partial charge on any atom is -0.493 e. The molecule has 0 radical (unpaired) electrons. The van der Waals surface area contributed by atoms with Gasteiger partial charge in [-0.05, 0) is 36.8 Å². The van der Waals surface area contributed by atoms with Gasteiger partial charge in [0.2, 0.25) is 0 Å². The number of hydrogen-bond donors (Lipinski definition) is 1. The lowest BCUT2D eigenvalue weighted by Gasteiger charge is -2.16. The first kappa shape index (κ1) is 19.1. The molecule has 2 aromatic carbocycles. The van der Waals surface area contributed by atoms with Crippen LogP contribution < -0.4 is 9.47 Å². The van der Waals surface area contributed by atoms with Gasteiger partial charge in [-0.1, -0.05) is 30.3 Å². The zero-order chi connectivity index (χ0) is 20.1. The quantitative estimate of drug-likeness (QED) is 0.667. The van der Waals surface area contributed by atoms with Crippen LogP contribution >= 0.6 is 0 Å². The summed E-state index contributed by atoms with van der Waals surface area (Å²) in [6.45, 7) is 2.00. The van der Waals surface area contributed by atoms with E-state index in [2.05, 4.69) is 16.3 Å². The van der Waals surface area contributed by atoms with Crippen LogP contribution in [0.1, 0.15) is 34.1 Å². The maximum atomic E-state index is 12.6. The van der Waals surface area contributed by atoms with E-state index < -0.39 is 0 Å². The van der Waals surface area contributed by atoms with Crippen LogP contribution in [0.2, 0.25) is 0 Å². The van der Waals surface area contributed by atoms with Crippen molar-refractivity contribution in [2.45, 2.75) is 18.8 Å². The molecular weight excluding hydrogens is 366 g/mol. The monoisotopic (exact) mass is 391 g/mol. The number of hydrogen-bond acceptors (Lipinski definition) is 4. The molecule has 1 N–H and O–H groups in total. The maximum absolute atomic E-state index is 12.6. The van der Waals surface area contributed by atoms with Crippen molar-refractivity contribution >= 4 is 5.91 Å². The molecule has 29 heavy (non-hydrogen) atoms. The van der Waals surface area contributed by atoms with E-state index in [-0.39, 0.29) is 11.8 Å². The van der Waals surface area contributed by atoms with Gasteiger partial charge in [0, 0.05) is 36.7 Å². The molecule has 1 aromatic heterocycles. The van der Waals surface area contributed by atoms with Crippen molar-refractivity contribution in [3.8, 4) is 11.5 Å². The Balaban J connectivity index is 1.31. The highest BCUT2D eigenvalue weighted by Gasteiger charge is 2.29. The van der Waals surface area contributed by atoms with E-state index in [1.165, 1.54) is 0 Å². The summed E-state index contributed by atoms with van der Waals surface area (Å²) in [5, 5.41) is 7.59. The number of aromatic nitrogens is 2. The van der Waals surface area contributed by atoms with Crippen LogP contribution in [0, 0.1) is 0 Å². The molecule has 6 heteroatoms. The van der Waals surface area contributed by atoms with E-state index in [0.717, 1.165) is 47.8 Å². The van der Waals surface area contributed by atoms with Crippen molar-refractivity contribution in [2.24, 2.45) is 0 Å². The van der Waals surface area contributed by atoms with Crippen LogP contribution in [0.5, 0.6) is 11.5 Å². The third-order valence-corrected chi connectivity index (χ3v) is 5.26. The topological polar surface area (TPSA) is 67.5 Å². The molecule has 1 atom stereocenters. The molecule has 3 aromatic rings. The zero-order valence-electron chi connectivity index (χ0n) is 16.5. The van der Waals surface area contributed by atoms with Gasteiger partial charge in [-0.25, -0.2) is 0 Å². The molecule has 0 saturated carbocycles. The molecular formula is C23H25N3O3. The standard InChI is InChI=1S/C23H25N3O3/c1-28-21-9-5-6-10-22(21)29-14-12-19-15-20(25-24-19)18-11-13-26(16-18)23(27)17-7-3-2-4-8-17/h2-10,15,18H,11-14,16H2,1H3,(H,24,25). The molecule has 0 aliphatic carbocycles. The molecule has 1 unspecified atom stereocenters. The van der Waals surface area contributed by atoms with Crippen molar-refractivity contribution in [2.75, 3.05) is 26.8 Å². The Bertz CT molecular complexity index is 955. The number of methoxy groups -OCH3 is 1. The Hall–Kier alpha value is -3.28. The summed E-state index contributed by atoms with van der Waals surface area (Å²) in [6.07, 6.45) is 1.66. The largest absolute Gasteiger partial charge is 0.493 e. The summed E-state index contributed by atoms with van der Waals surface area (Å²) < 4.78 is 11.1. The molecule has 150 valence electrons. The molecule has 0 spiro atoms. The summed E-state index contributed by atoms with van der Waals surface area (Å²) in [5.74, 6) is 1.82. The highest BCUT2D eigenvalue weighted by Crippen LogP contribution is 2.28. The van der Waals surface area contributed by atoms with E-state index in [9.17, 15) is 4.79 Å². The van der Waals surface area contributed by atoms with Crippen LogP contribution in [0.25, 0.3) is 0 Å². The average Bonchev–Trinajstić information content (AvgIpc) is 3.44. The lowest BCUT2D eigenvalue weighted by molar-refractivity contribution is 0.0790. The number of carbonyl (C=O) groups is 1. The van der Waals surface area contributed by atoms with Crippen LogP contribution in [-0.4, -0.2) is 47.8 Å². The predicted molar refractivity (Wildman–Crippen MR) is 110 cm³/mol. The van der Waals surface area contributed by atoms with Gasteiger partial charge in [-0.3, -0.25) is 9.89 Å². The van der Waals surface area contributed by atoms with Crippen molar-refractivity contribution < 1.29 is 14.3 Å². The number of amides is 1. The Labute approximate surface area is 170 Å². The van der Waals surface area contributed by atoms with Crippen molar-refractivity contribution in [1.29, 1.82) is 0 Å². The van der Waals surface area contributed by atoms with Gasteiger partial charge in [-0.2, -0.15) is 5.10 Å². The summed E-state index contributed by atoms with van der Waals surface area (Å²) in [4.78, 5) is 14.5. The highest BCUT2D eigenvalue weighted by atomic mass is 16.5. The predicted octanol–water partition coefficient (Wildman–Crippen LogP) is 3.67.